The summed E-state index contributed by atoms with van der Waals surface area (Å²) in [6.07, 6.45) is 3.42. The molecule has 2 aromatic rings. The van der Waals surface area contributed by atoms with Gasteiger partial charge in [-0.2, -0.15) is 0 Å². The average Bonchev–Trinajstić information content (AvgIpc) is 2.48. The van der Waals surface area contributed by atoms with Crippen molar-refractivity contribution in [2.24, 2.45) is 0 Å². The third kappa shape index (κ3) is 4.24. The summed E-state index contributed by atoms with van der Waals surface area (Å²) in [5.74, 6) is 0.846. The largest absolute Gasteiger partial charge is 0.494 e. The molecule has 1 aromatic heterocycles. The van der Waals surface area contributed by atoms with Gasteiger partial charge in [-0.25, -0.2) is 9.97 Å². The van der Waals surface area contributed by atoms with E-state index in [1.807, 2.05) is 30.3 Å². The van der Waals surface area contributed by atoms with E-state index in [2.05, 4.69) is 15.3 Å². The van der Waals surface area contributed by atoms with Gasteiger partial charge in [-0.3, -0.25) is 4.79 Å². The van der Waals surface area contributed by atoms with Crippen LogP contribution in [0.1, 0.15) is 16.9 Å². The standard InChI is InChI=1S/C14H16N4O2/c15-13-10-17-12(9-18-13)14(19)16-7-4-8-20-11-5-2-1-3-6-11/h1-3,5-6,9-10H,4,7-8H2,(H2,15,18)(H,16,19). The Balaban J connectivity index is 1.66. The number of nitrogens with one attached hydrogen (secondary N) is 1. The van der Waals surface area contributed by atoms with Crippen LogP contribution in [0.4, 0.5) is 5.82 Å². The topological polar surface area (TPSA) is 90.1 Å². The zero-order valence-electron chi connectivity index (χ0n) is 11.0. The van der Waals surface area contributed by atoms with Crippen molar-refractivity contribution in [3.8, 4) is 5.75 Å². The van der Waals surface area contributed by atoms with E-state index in [1.165, 1.54) is 12.4 Å². The van der Waals surface area contributed by atoms with Gasteiger partial charge in [-0.15, -0.1) is 0 Å². The lowest BCUT2D eigenvalue weighted by Crippen LogP contribution is -2.26. The van der Waals surface area contributed by atoms with Gasteiger partial charge in [0.25, 0.3) is 5.91 Å². The first-order chi connectivity index (χ1) is 9.75. The van der Waals surface area contributed by atoms with Crippen LogP contribution in [0.3, 0.4) is 0 Å². The van der Waals surface area contributed by atoms with E-state index in [-0.39, 0.29) is 17.4 Å². The lowest BCUT2D eigenvalue weighted by Gasteiger charge is -2.07. The number of nitrogen functional groups attached to an aromatic ring is 1. The molecule has 104 valence electrons. The van der Waals surface area contributed by atoms with Gasteiger partial charge in [0.15, 0.2) is 0 Å². The highest BCUT2D eigenvalue weighted by Crippen LogP contribution is 2.08. The van der Waals surface area contributed by atoms with Crippen LogP contribution in [-0.2, 0) is 0 Å². The molecule has 3 N–H and O–H groups in total. The maximum Gasteiger partial charge on any atom is 0.271 e. The number of hydrogen-bond donors (Lipinski definition) is 2. The van der Waals surface area contributed by atoms with Crippen LogP contribution in [0.15, 0.2) is 42.7 Å². The Labute approximate surface area is 117 Å². The van der Waals surface area contributed by atoms with Crippen LogP contribution in [0.25, 0.3) is 0 Å². The number of nitrogens with two attached hydrogens (primary N) is 1. The Kier molecular flexibility index (Phi) is 4.88. The molecule has 1 amide bonds. The molecule has 20 heavy (non-hydrogen) atoms. The first kappa shape index (κ1) is 13.8. The number of nitrogens with zero attached hydrogens (tertiary/aromatic N) is 2. The van der Waals surface area contributed by atoms with E-state index in [1.54, 1.807) is 0 Å². The SMILES string of the molecule is Nc1cnc(C(=O)NCCCOc2ccccc2)cn1. The van der Waals surface area contributed by atoms with E-state index in [9.17, 15) is 4.79 Å². The van der Waals surface area contributed by atoms with E-state index in [0.717, 1.165) is 5.75 Å². The van der Waals surface area contributed by atoms with Crippen LogP contribution in [0, 0.1) is 0 Å². The summed E-state index contributed by atoms with van der Waals surface area (Å²) < 4.78 is 5.51. The number of carbonyl (C=O) groups excluding carboxylic acids is 1. The molecule has 6 nitrogen and oxygen atoms in total. The number of amides is 1. The summed E-state index contributed by atoms with van der Waals surface area (Å²) >= 11 is 0. The van der Waals surface area contributed by atoms with Crippen LogP contribution >= 0.6 is 0 Å². The van der Waals surface area contributed by atoms with Crippen molar-refractivity contribution in [2.75, 3.05) is 18.9 Å². The van der Waals surface area contributed by atoms with Crippen LogP contribution in [-0.4, -0.2) is 29.0 Å². The van der Waals surface area contributed by atoms with Crippen molar-refractivity contribution >= 4 is 11.7 Å². The van der Waals surface area contributed by atoms with Crippen LogP contribution < -0.4 is 15.8 Å². The fraction of sp³-hybridized carbons (Fsp3) is 0.214. The molecule has 1 heterocycles. The molecule has 0 aliphatic rings. The maximum atomic E-state index is 11.7. The van der Waals surface area contributed by atoms with Crippen molar-refractivity contribution in [1.82, 2.24) is 15.3 Å². The second-order valence-corrected chi connectivity index (χ2v) is 4.10. The van der Waals surface area contributed by atoms with E-state index in [4.69, 9.17) is 10.5 Å². The number of para-hydroxylation sites is 1. The maximum absolute atomic E-state index is 11.7. The molecule has 0 saturated heterocycles. The molecule has 6 heteroatoms. The number of benzene rings is 1. The second kappa shape index (κ2) is 7.08. The van der Waals surface area contributed by atoms with Crippen molar-refractivity contribution < 1.29 is 9.53 Å². The zero-order chi connectivity index (χ0) is 14.2. The monoisotopic (exact) mass is 272 g/mol. The minimum atomic E-state index is -0.266. The summed E-state index contributed by atoms with van der Waals surface area (Å²) in [4.78, 5) is 19.4. The molecule has 0 bridgehead atoms. The minimum absolute atomic E-state index is 0.253. The van der Waals surface area contributed by atoms with Crippen molar-refractivity contribution in [3.63, 3.8) is 0 Å². The average molecular weight is 272 g/mol. The molecule has 0 atom stereocenters. The fourth-order valence-electron chi connectivity index (χ4n) is 1.53. The highest BCUT2D eigenvalue weighted by Gasteiger charge is 2.06. The number of ether oxygens (including phenoxy) is 1. The van der Waals surface area contributed by atoms with Crippen LogP contribution in [0.5, 0.6) is 5.75 Å². The number of aromatic nitrogens is 2. The summed E-state index contributed by atoms with van der Waals surface area (Å²) in [7, 11) is 0. The normalized spacial score (nSPS) is 10.0. The Morgan fingerprint density at radius 3 is 2.70 bits per heavy atom. The molecule has 0 aliphatic heterocycles. The smallest absolute Gasteiger partial charge is 0.271 e. The van der Waals surface area contributed by atoms with Gasteiger partial charge in [0.2, 0.25) is 0 Å². The van der Waals surface area contributed by atoms with Gasteiger partial charge in [0.05, 0.1) is 19.0 Å². The second-order valence-electron chi connectivity index (χ2n) is 4.10. The first-order valence-corrected chi connectivity index (χ1v) is 6.29. The third-order valence-electron chi connectivity index (χ3n) is 2.52. The Bertz CT molecular complexity index is 543. The predicted molar refractivity (Wildman–Crippen MR) is 75.3 cm³/mol. The van der Waals surface area contributed by atoms with Crippen molar-refractivity contribution in [2.45, 2.75) is 6.42 Å². The Morgan fingerprint density at radius 1 is 1.20 bits per heavy atom. The molecule has 0 spiro atoms. The summed E-state index contributed by atoms with van der Waals surface area (Å²) in [5.41, 5.74) is 5.65. The third-order valence-corrected chi connectivity index (χ3v) is 2.52. The predicted octanol–water partition coefficient (Wildman–Crippen LogP) is 1.26. The van der Waals surface area contributed by atoms with E-state index < -0.39 is 0 Å². The molecule has 1 aromatic carbocycles. The lowest BCUT2D eigenvalue weighted by molar-refractivity contribution is 0.0946. The Hall–Kier alpha value is -2.63. The molecule has 0 fully saturated rings. The molecular formula is C14H16N4O2. The minimum Gasteiger partial charge on any atom is -0.494 e. The lowest BCUT2D eigenvalue weighted by atomic mass is 10.3. The number of carbonyl (C=O) groups is 1. The molecule has 0 saturated carbocycles. The molecule has 0 unspecified atom stereocenters. The number of hydrogen-bond acceptors (Lipinski definition) is 5. The van der Waals surface area contributed by atoms with E-state index >= 15 is 0 Å². The van der Waals surface area contributed by atoms with Crippen LogP contribution in [0.2, 0.25) is 0 Å². The fourth-order valence-corrected chi connectivity index (χ4v) is 1.53. The summed E-state index contributed by atoms with van der Waals surface area (Å²) in [6.45, 7) is 1.05. The van der Waals surface area contributed by atoms with Gasteiger partial charge in [0.1, 0.15) is 17.3 Å². The molecule has 2 rings (SSSR count). The quantitative estimate of drug-likeness (QED) is 0.772. The molecule has 0 radical (unpaired) electrons. The Morgan fingerprint density at radius 2 is 2.00 bits per heavy atom. The highest BCUT2D eigenvalue weighted by molar-refractivity contribution is 5.91. The van der Waals surface area contributed by atoms with Gasteiger partial charge in [0, 0.05) is 6.54 Å². The van der Waals surface area contributed by atoms with E-state index in [0.29, 0.717) is 19.6 Å². The molecular weight excluding hydrogens is 256 g/mol. The van der Waals surface area contributed by atoms with Gasteiger partial charge >= 0.3 is 0 Å². The zero-order valence-corrected chi connectivity index (χ0v) is 11.0. The first-order valence-electron chi connectivity index (χ1n) is 6.29. The van der Waals surface area contributed by atoms with Gasteiger partial charge in [-0.1, -0.05) is 18.2 Å². The number of rotatable bonds is 6. The van der Waals surface area contributed by atoms with Crippen molar-refractivity contribution in [3.05, 3.63) is 48.4 Å². The van der Waals surface area contributed by atoms with Gasteiger partial charge in [-0.05, 0) is 18.6 Å². The highest BCUT2D eigenvalue weighted by atomic mass is 16.5. The molecule has 0 aliphatic carbocycles. The van der Waals surface area contributed by atoms with Crippen molar-refractivity contribution in [1.29, 1.82) is 0 Å². The summed E-state index contributed by atoms with van der Waals surface area (Å²) in [6, 6.07) is 9.54. The number of anilines is 1. The summed E-state index contributed by atoms with van der Waals surface area (Å²) in [5, 5.41) is 2.74. The van der Waals surface area contributed by atoms with Gasteiger partial charge < -0.3 is 15.8 Å².